The standard InChI is InChI=1S/C15H24/c1-9(2)13(4)6-11(13)12-7-15(12)8-14(15)5-10(14)3/h9-12H,5-8H2,1-4H3. The van der Waals surface area contributed by atoms with Crippen molar-refractivity contribution in [2.24, 2.45) is 39.9 Å². The van der Waals surface area contributed by atoms with E-state index in [4.69, 9.17) is 0 Å². The quantitative estimate of drug-likeness (QED) is 0.635. The number of rotatable bonds is 2. The van der Waals surface area contributed by atoms with E-state index in [9.17, 15) is 0 Å². The van der Waals surface area contributed by atoms with E-state index in [1.54, 1.807) is 25.7 Å². The van der Waals surface area contributed by atoms with Gasteiger partial charge < -0.3 is 0 Å². The average Bonchev–Trinajstić information content (AvgIpc) is 2.95. The van der Waals surface area contributed by atoms with Crippen molar-refractivity contribution in [1.82, 2.24) is 0 Å². The Bertz CT molecular complexity index is 344. The van der Waals surface area contributed by atoms with E-state index in [0.717, 1.165) is 39.9 Å². The van der Waals surface area contributed by atoms with E-state index in [1.807, 2.05) is 0 Å². The van der Waals surface area contributed by atoms with Crippen LogP contribution < -0.4 is 0 Å². The van der Waals surface area contributed by atoms with Crippen LogP contribution in [0.3, 0.4) is 0 Å². The summed E-state index contributed by atoms with van der Waals surface area (Å²) in [4.78, 5) is 0. The van der Waals surface area contributed by atoms with Gasteiger partial charge in [-0.2, -0.15) is 0 Å². The van der Waals surface area contributed by atoms with E-state index >= 15 is 0 Å². The Kier molecular flexibility index (Phi) is 1.24. The predicted octanol–water partition coefficient (Wildman–Crippen LogP) is 4.10. The molecule has 6 unspecified atom stereocenters. The van der Waals surface area contributed by atoms with Crippen LogP contribution in [0.4, 0.5) is 0 Å². The van der Waals surface area contributed by atoms with Gasteiger partial charge in [0.2, 0.25) is 0 Å². The fraction of sp³-hybridized carbons (Fsp3) is 1.00. The molecule has 0 amide bonds. The van der Waals surface area contributed by atoms with Crippen LogP contribution in [0.25, 0.3) is 0 Å². The van der Waals surface area contributed by atoms with Crippen LogP contribution in [0, 0.1) is 39.9 Å². The minimum Gasteiger partial charge on any atom is -0.0622 e. The number of hydrogen-bond donors (Lipinski definition) is 0. The Morgan fingerprint density at radius 3 is 2.07 bits per heavy atom. The van der Waals surface area contributed by atoms with Crippen LogP contribution in [0.5, 0.6) is 0 Å². The van der Waals surface area contributed by atoms with Crippen LogP contribution in [-0.4, -0.2) is 0 Å². The first kappa shape index (κ1) is 9.07. The zero-order chi connectivity index (χ0) is 10.6. The lowest BCUT2D eigenvalue weighted by molar-refractivity contribution is 0.333. The lowest BCUT2D eigenvalue weighted by Gasteiger charge is -2.15. The lowest BCUT2D eigenvalue weighted by Crippen LogP contribution is -2.09. The van der Waals surface area contributed by atoms with Gasteiger partial charge in [-0.05, 0) is 65.6 Å². The minimum absolute atomic E-state index is 0.732. The van der Waals surface area contributed by atoms with Crippen molar-refractivity contribution < 1.29 is 0 Å². The first-order chi connectivity index (χ1) is 6.96. The van der Waals surface area contributed by atoms with Crippen LogP contribution in [0.15, 0.2) is 0 Å². The average molecular weight is 204 g/mol. The second-order valence-electron chi connectivity index (χ2n) is 7.88. The molecule has 0 aromatic heterocycles. The van der Waals surface area contributed by atoms with Gasteiger partial charge >= 0.3 is 0 Å². The van der Waals surface area contributed by atoms with Crippen molar-refractivity contribution >= 4 is 0 Å². The van der Waals surface area contributed by atoms with Gasteiger partial charge in [0.1, 0.15) is 0 Å². The smallest absolute Gasteiger partial charge is 0.0198 e. The SMILES string of the molecule is CC(C)C1(C)CC1C1CC12CC21CC1C. The highest BCUT2D eigenvalue weighted by Crippen LogP contribution is 2.96. The van der Waals surface area contributed by atoms with Crippen LogP contribution >= 0.6 is 0 Å². The third kappa shape index (κ3) is 0.806. The monoisotopic (exact) mass is 204 g/mol. The second-order valence-corrected chi connectivity index (χ2v) is 7.88. The van der Waals surface area contributed by atoms with E-state index in [0.29, 0.717) is 0 Å². The van der Waals surface area contributed by atoms with Gasteiger partial charge in [-0.1, -0.05) is 27.7 Å². The normalized spacial score (nSPS) is 69.0. The summed E-state index contributed by atoms with van der Waals surface area (Å²) in [7, 11) is 0. The van der Waals surface area contributed by atoms with Gasteiger partial charge in [0.15, 0.2) is 0 Å². The van der Waals surface area contributed by atoms with Crippen molar-refractivity contribution in [3.05, 3.63) is 0 Å². The van der Waals surface area contributed by atoms with Crippen molar-refractivity contribution in [2.45, 2.75) is 53.4 Å². The Hall–Kier alpha value is 0. The van der Waals surface area contributed by atoms with E-state index < -0.39 is 0 Å². The molecule has 15 heavy (non-hydrogen) atoms. The van der Waals surface area contributed by atoms with Gasteiger partial charge in [-0.25, -0.2) is 0 Å². The highest BCUT2D eigenvalue weighted by atomic mass is 14.9. The van der Waals surface area contributed by atoms with Crippen LogP contribution in [-0.2, 0) is 0 Å². The number of fused-ring (bicyclic) bond motifs is 1. The summed E-state index contributed by atoms with van der Waals surface area (Å²) in [6.07, 6.45) is 6.36. The van der Waals surface area contributed by atoms with Gasteiger partial charge in [0, 0.05) is 0 Å². The zero-order valence-electron chi connectivity index (χ0n) is 10.6. The first-order valence-corrected chi connectivity index (χ1v) is 6.96. The maximum absolute atomic E-state index is 2.54. The summed E-state index contributed by atoms with van der Waals surface area (Å²) < 4.78 is 0. The summed E-state index contributed by atoms with van der Waals surface area (Å²) in [5, 5.41) is 0. The molecule has 0 aromatic carbocycles. The summed E-state index contributed by atoms with van der Waals surface area (Å²) in [5.41, 5.74) is 2.57. The Labute approximate surface area is 93.8 Å². The molecular formula is C15H24. The molecule has 4 fully saturated rings. The summed E-state index contributed by atoms with van der Waals surface area (Å²) in [5.74, 6) is 4.28. The van der Waals surface area contributed by atoms with Gasteiger partial charge in [0.25, 0.3) is 0 Å². The van der Waals surface area contributed by atoms with Crippen LogP contribution in [0.1, 0.15) is 53.4 Å². The molecule has 4 saturated carbocycles. The molecule has 0 radical (unpaired) electrons. The third-order valence-corrected chi connectivity index (χ3v) is 7.24. The Morgan fingerprint density at radius 2 is 1.67 bits per heavy atom. The van der Waals surface area contributed by atoms with Gasteiger partial charge in [-0.3, -0.25) is 0 Å². The molecule has 0 aromatic rings. The van der Waals surface area contributed by atoms with Crippen molar-refractivity contribution in [3.63, 3.8) is 0 Å². The van der Waals surface area contributed by atoms with Crippen molar-refractivity contribution in [3.8, 4) is 0 Å². The van der Waals surface area contributed by atoms with E-state index in [2.05, 4.69) is 27.7 Å². The lowest BCUT2D eigenvalue weighted by atomic mass is 9.90. The highest BCUT2D eigenvalue weighted by molar-refractivity contribution is 5.37. The number of hydrogen-bond acceptors (Lipinski definition) is 0. The molecule has 0 nitrogen and oxygen atoms in total. The van der Waals surface area contributed by atoms with Crippen molar-refractivity contribution in [1.29, 1.82) is 0 Å². The Morgan fingerprint density at radius 1 is 1.00 bits per heavy atom. The summed E-state index contributed by atoms with van der Waals surface area (Å²) in [6, 6.07) is 0. The highest BCUT2D eigenvalue weighted by Gasteiger charge is 2.89. The fourth-order valence-corrected chi connectivity index (χ4v) is 5.26. The van der Waals surface area contributed by atoms with E-state index in [1.165, 1.54) is 0 Å². The maximum atomic E-state index is 2.54. The Balaban J connectivity index is 1.48. The van der Waals surface area contributed by atoms with Crippen molar-refractivity contribution in [2.75, 3.05) is 0 Å². The minimum atomic E-state index is 0.732. The first-order valence-electron chi connectivity index (χ1n) is 6.96. The molecule has 0 bridgehead atoms. The molecule has 4 rings (SSSR count). The maximum Gasteiger partial charge on any atom is -0.0198 e. The topological polar surface area (TPSA) is 0 Å². The largest absolute Gasteiger partial charge is 0.0622 e. The summed E-state index contributed by atoms with van der Waals surface area (Å²) >= 11 is 0. The molecule has 4 aliphatic carbocycles. The molecule has 0 aliphatic heterocycles. The predicted molar refractivity (Wildman–Crippen MR) is 62.4 cm³/mol. The molecule has 0 saturated heterocycles. The molecule has 0 heterocycles. The molecule has 0 heteroatoms. The molecule has 0 N–H and O–H groups in total. The van der Waals surface area contributed by atoms with Gasteiger partial charge in [0.05, 0.1) is 0 Å². The van der Waals surface area contributed by atoms with E-state index in [-0.39, 0.29) is 0 Å². The van der Waals surface area contributed by atoms with Crippen LogP contribution in [0.2, 0.25) is 0 Å². The third-order valence-electron chi connectivity index (χ3n) is 7.24. The molecular weight excluding hydrogens is 180 g/mol. The second kappa shape index (κ2) is 2.05. The molecule has 6 atom stereocenters. The molecule has 84 valence electrons. The summed E-state index contributed by atoms with van der Waals surface area (Å²) in [6.45, 7) is 9.88. The fourth-order valence-electron chi connectivity index (χ4n) is 5.26. The molecule has 2 spiro atoms. The zero-order valence-corrected chi connectivity index (χ0v) is 10.6. The molecule has 4 aliphatic rings. The van der Waals surface area contributed by atoms with Gasteiger partial charge in [-0.15, -0.1) is 0 Å².